The van der Waals surface area contributed by atoms with Crippen LogP contribution >= 0.6 is 15.9 Å². The Bertz CT molecular complexity index is 412. The van der Waals surface area contributed by atoms with Crippen molar-refractivity contribution in [3.05, 3.63) is 32.7 Å². The van der Waals surface area contributed by atoms with Crippen LogP contribution in [0, 0.1) is 6.92 Å². The molecule has 1 aromatic rings. The first kappa shape index (κ1) is 11.0. The molecule has 5 heteroatoms. The molecule has 0 saturated heterocycles. The van der Waals surface area contributed by atoms with E-state index in [-0.39, 0.29) is 18.0 Å². The highest BCUT2D eigenvalue weighted by atomic mass is 79.9. The number of hydrogen-bond acceptors (Lipinski definition) is 2. The molecule has 0 spiro atoms. The van der Waals surface area contributed by atoms with Gasteiger partial charge in [-0.15, -0.1) is 0 Å². The number of nitrogens with one attached hydrogen (secondary N) is 1. The van der Waals surface area contributed by atoms with Gasteiger partial charge in [0.1, 0.15) is 6.54 Å². The van der Waals surface area contributed by atoms with Crippen LogP contribution in [0.1, 0.15) is 5.56 Å². The third-order valence-electron chi connectivity index (χ3n) is 1.82. The van der Waals surface area contributed by atoms with Crippen LogP contribution in [0.2, 0.25) is 0 Å². The number of carbonyl (C=O) groups is 1. The van der Waals surface area contributed by atoms with Crippen molar-refractivity contribution in [2.24, 2.45) is 0 Å². The standard InChI is InChI=1S/C9H11BrN2O2/c1-6-3-7(10)4-12(9(6)14)5-8(13)11-2/h3-4H,5H2,1-2H3,(H,11,13). The summed E-state index contributed by atoms with van der Waals surface area (Å²) in [6.45, 7) is 1.77. The lowest BCUT2D eigenvalue weighted by molar-refractivity contribution is -0.121. The Kier molecular flexibility index (Phi) is 3.46. The van der Waals surface area contributed by atoms with Gasteiger partial charge in [-0.2, -0.15) is 0 Å². The highest BCUT2D eigenvalue weighted by Gasteiger charge is 2.05. The molecular formula is C9H11BrN2O2. The van der Waals surface area contributed by atoms with Crippen molar-refractivity contribution in [2.75, 3.05) is 7.05 Å². The smallest absolute Gasteiger partial charge is 0.253 e. The number of carbonyl (C=O) groups excluding carboxylic acids is 1. The molecule has 1 N–H and O–H groups in total. The first-order chi connectivity index (χ1) is 6.54. The van der Waals surface area contributed by atoms with Crippen LogP contribution in [0.4, 0.5) is 0 Å². The molecule has 0 aliphatic rings. The van der Waals surface area contributed by atoms with Crippen LogP contribution in [0.25, 0.3) is 0 Å². The quantitative estimate of drug-likeness (QED) is 0.848. The molecule has 0 radical (unpaired) electrons. The van der Waals surface area contributed by atoms with E-state index in [0.717, 1.165) is 4.47 Å². The zero-order valence-electron chi connectivity index (χ0n) is 8.00. The third kappa shape index (κ3) is 2.45. The van der Waals surface area contributed by atoms with Crippen LogP contribution < -0.4 is 10.9 Å². The summed E-state index contributed by atoms with van der Waals surface area (Å²) in [7, 11) is 1.54. The molecule has 0 bridgehead atoms. The fraction of sp³-hybridized carbons (Fsp3) is 0.333. The number of hydrogen-bond donors (Lipinski definition) is 1. The highest BCUT2D eigenvalue weighted by Crippen LogP contribution is 2.07. The van der Waals surface area contributed by atoms with E-state index in [1.54, 1.807) is 19.2 Å². The molecule has 1 amide bonds. The van der Waals surface area contributed by atoms with Crippen molar-refractivity contribution in [2.45, 2.75) is 13.5 Å². The van der Waals surface area contributed by atoms with E-state index in [4.69, 9.17) is 0 Å². The van der Waals surface area contributed by atoms with Crippen molar-refractivity contribution in [3.8, 4) is 0 Å². The number of halogens is 1. The zero-order chi connectivity index (χ0) is 10.7. The maximum absolute atomic E-state index is 11.5. The maximum Gasteiger partial charge on any atom is 0.253 e. The number of aromatic nitrogens is 1. The molecule has 1 aromatic heterocycles. The van der Waals surface area contributed by atoms with Gasteiger partial charge >= 0.3 is 0 Å². The van der Waals surface area contributed by atoms with E-state index in [1.807, 2.05) is 0 Å². The van der Waals surface area contributed by atoms with Gasteiger partial charge < -0.3 is 9.88 Å². The number of rotatable bonds is 2. The summed E-state index contributed by atoms with van der Waals surface area (Å²) in [5.41, 5.74) is 0.472. The minimum atomic E-state index is -0.190. The van der Waals surface area contributed by atoms with Gasteiger partial charge in [0.15, 0.2) is 0 Å². The number of nitrogens with zero attached hydrogens (tertiary/aromatic N) is 1. The Morgan fingerprint density at radius 1 is 1.64 bits per heavy atom. The van der Waals surface area contributed by atoms with Crippen LogP contribution in [-0.4, -0.2) is 17.5 Å². The lowest BCUT2D eigenvalue weighted by Gasteiger charge is -2.06. The number of aryl methyl sites for hydroxylation is 1. The van der Waals surface area contributed by atoms with Gasteiger partial charge in [-0.1, -0.05) is 0 Å². The van der Waals surface area contributed by atoms with E-state index < -0.39 is 0 Å². The summed E-state index contributed by atoms with van der Waals surface area (Å²) >= 11 is 3.27. The minimum absolute atomic E-state index is 0.0512. The fourth-order valence-corrected chi connectivity index (χ4v) is 1.68. The van der Waals surface area contributed by atoms with Crippen LogP contribution in [-0.2, 0) is 11.3 Å². The second-order valence-corrected chi connectivity index (χ2v) is 3.86. The van der Waals surface area contributed by atoms with Crippen LogP contribution in [0.3, 0.4) is 0 Å². The van der Waals surface area contributed by atoms with E-state index in [2.05, 4.69) is 21.2 Å². The van der Waals surface area contributed by atoms with Crippen molar-refractivity contribution in [1.29, 1.82) is 0 Å². The molecule has 0 saturated carbocycles. The topological polar surface area (TPSA) is 51.1 Å². The van der Waals surface area contributed by atoms with E-state index in [0.29, 0.717) is 5.56 Å². The molecule has 0 aliphatic heterocycles. The van der Waals surface area contributed by atoms with Crippen molar-refractivity contribution < 1.29 is 4.79 Å². The second kappa shape index (κ2) is 4.41. The Labute approximate surface area is 90.1 Å². The summed E-state index contributed by atoms with van der Waals surface area (Å²) in [5.74, 6) is -0.190. The lowest BCUT2D eigenvalue weighted by Crippen LogP contribution is -2.30. The SMILES string of the molecule is CNC(=O)Cn1cc(Br)cc(C)c1=O. The normalized spacial score (nSPS) is 9.93. The number of pyridine rings is 1. The average molecular weight is 259 g/mol. The van der Waals surface area contributed by atoms with Gasteiger partial charge in [-0.3, -0.25) is 9.59 Å². The summed E-state index contributed by atoms with van der Waals surface area (Å²) in [4.78, 5) is 22.6. The van der Waals surface area contributed by atoms with Gasteiger partial charge in [0.05, 0.1) is 0 Å². The average Bonchev–Trinajstić information content (AvgIpc) is 2.13. The number of amides is 1. The molecule has 0 aromatic carbocycles. The number of likely N-dealkylation sites (N-methyl/N-ethyl adjacent to an activating group) is 1. The molecule has 1 rings (SSSR count). The van der Waals surface area contributed by atoms with Crippen molar-refractivity contribution in [3.63, 3.8) is 0 Å². The van der Waals surface area contributed by atoms with Crippen LogP contribution in [0.15, 0.2) is 21.5 Å². The molecule has 4 nitrogen and oxygen atoms in total. The Hall–Kier alpha value is -1.10. The highest BCUT2D eigenvalue weighted by molar-refractivity contribution is 9.10. The summed E-state index contributed by atoms with van der Waals surface area (Å²) in [5, 5.41) is 2.47. The molecule has 0 fully saturated rings. The van der Waals surface area contributed by atoms with Crippen LogP contribution in [0.5, 0.6) is 0 Å². The maximum atomic E-state index is 11.5. The second-order valence-electron chi connectivity index (χ2n) is 2.95. The van der Waals surface area contributed by atoms with E-state index in [9.17, 15) is 9.59 Å². The van der Waals surface area contributed by atoms with Gasteiger partial charge in [0.25, 0.3) is 5.56 Å². The minimum Gasteiger partial charge on any atom is -0.358 e. The predicted molar refractivity (Wildman–Crippen MR) is 57.2 cm³/mol. The summed E-state index contributed by atoms with van der Waals surface area (Å²) in [6, 6.07) is 1.72. The molecule has 1 heterocycles. The molecule has 76 valence electrons. The predicted octanol–water partition coefficient (Wildman–Crippen LogP) is 0.665. The van der Waals surface area contributed by atoms with Gasteiger partial charge in [-0.25, -0.2) is 0 Å². The summed E-state index contributed by atoms with van der Waals surface area (Å²) in [6.07, 6.45) is 1.60. The molecule has 0 unspecified atom stereocenters. The lowest BCUT2D eigenvalue weighted by atomic mass is 10.3. The Morgan fingerprint density at radius 2 is 2.29 bits per heavy atom. The van der Waals surface area contributed by atoms with Gasteiger partial charge in [-0.05, 0) is 28.9 Å². The monoisotopic (exact) mass is 258 g/mol. The Balaban J connectivity index is 3.09. The van der Waals surface area contributed by atoms with Gasteiger partial charge in [0, 0.05) is 23.3 Å². The van der Waals surface area contributed by atoms with E-state index in [1.165, 1.54) is 11.6 Å². The molecule has 0 aliphatic carbocycles. The first-order valence-corrected chi connectivity index (χ1v) is 4.91. The summed E-state index contributed by atoms with van der Waals surface area (Å²) < 4.78 is 2.16. The first-order valence-electron chi connectivity index (χ1n) is 4.11. The molecule has 14 heavy (non-hydrogen) atoms. The molecule has 0 atom stereocenters. The van der Waals surface area contributed by atoms with Gasteiger partial charge in [0.2, 0.25) is 5.91 Å². The van der Waals surface area contributed by atoms with E-state index >= 15 is 0 Å². The molecular weight excluding hydrogens is 248 g/mol. The largest absolute Gasteiger partial charge is 0.358 e. The Morgan fingerprint density at radius 3 is 2.86 bits per heavy atom. The van der Waals surface area contributed by atoms with Crippen molar-refractivity contribution >= 4 is 21.8 Å². The third-order valence-corrected chi connectivity index (χ3v) is 2.26. The zero-order valence-corrected chi connectivity index (χ0v) is 9.59. The fourth-order valence-electron chi connectivity index (χ4n) is 1.09. The van der Waals surface area contributed by atoms with Crippen molar-refractivity contribution in [1.82, 2.24) is 9.88 Å².